The van der Waals surface area contributed by atoms with Gasteiger partial charge in [0.1, 0.15) is 5.54 Å². The number of hydrogen-bond acceptors (Lipinski definition) is 5. The first-order chi connectivity index (χ1) is 14.5. The highest BCUT2D eigenvalue weighted by Crippen LogP contribution is 2.38. The minimum Gasteiger partial charge on any atom is -0.454 e. The molecule has 7 nitrogen and oxygen atoms in total. The molecule has 7 heteroatoms. The largest absolute Gasteiger partial charge is 0.454 e. The van der Waals surface area contributed by atoms with E-state index >= 15 is 0 Å². The van der Waals surface area contributed by atoms with Gasteiger partial charge < -0.3 is 14.8 Å². The molecular formula is C23H23N3O4. The molecule has 2 aromatic carbocycles. The molecule has 3 aliphatic heterocycles. The highest BCUT2D eigenvalue weighted by atomic mass is 16.7. The van der Waals surface area contributed by atoms with Crippen molar-refractivity contribution < 1.29 is 19.1 Å². The molecule has 1 fully saturated rings. The first-order valence-electron chi connectivity index (χ1n) is 10.1. The number of carbonyl (C=O) groups excluding carboxylic acids is 2. The van der Waals surface area contributed by atoms with Crippen molar-refractivity contribution in [2.24, 2.45) is 0 Å². The number of imide groups is 1. The van der Waals surface area contributed by atoms with Gasteiger partial charge in [0.05, 0.1) is 6.67 Å². The minimum absolute atomic E-state index is 0.162. The molecule has 1 N–H and O–H groups in total. The molecule has 1 unspecified atom stereocenters. The first-order valence-corrected chi connectivity index (χ1v) is 10.1. The lowest BCUT2D eigenvalue weighted by Gasteiger charge is -2.29. The zero-order valence-electron chi connectivity index (χ0n) is 16.8. The van der Waals surface area contributed by atoms with Crippen molar-refractivity contribution >= 4 is 17.5 Å². The summed E-state index contributed by atoms with van der Waals surface area (Å²) in [7, 11) is 0. The topological polar surface area (TPSA) is 71.1 Å². The van der Waals surface area contributed by atoms with Crippen LogP contribution in [0, 0.1) is 0 Å². The summed E-state index contributed by atoms with van der Waals surface area (Å²) in [4.78, 5) is 29.3. The number of nitrogens with zero attached hydrogens (tertiary/aromatic N) is 2. The molecule has 5 rings (SSSR count). The van der Waals surface area contributed by atoms with Crippen LogP contribution in [0.2, 0.25) is 0 Å². The van der Waals surface area contributed by atoms with Crippen LogP contribution in [0.1, 0.15) is 24.5 Å². The zero-order valence-corrected chi connectivity index (χ0v) is 16.8. The molecule has 1 atom stereocenters. The third-order valence-corrected chi connectivity index (χ3v) is 6.00. The van der Waals surface area contributed by atoms with Gasteiger partial charge in [-0.2, -0.15) is 0 Å². The molecule has 0 radical (unpaired) electrons. The predicted molar refractivity (Wildman–Crippen MR) is 111 cm³/mol. The smallest absolute Gasteiger partial charge is 0.326 e. The van der Waals surface area contributed by atoms with Gasteiger partial charge in [0.2, 0.25) is 6.79 Å². The number of nitrogens with one attached hydrogen (secondary N) is 1. The van der Waals surface area contributed by atoms with E-state index in [4.69, 9.17) is 9.47 Å². The van der Waals surface area contributed by atoms with Crippen LogP contribution < -0.4 is 14.8 Å². The Labute approximate surface area is 174 Å². The molecule has 0 saturated carbocycles. The average Bonchev–Trinajstić information content (AvgIpc) is 3.33. The minimum atomic E-state index is -1.13. The Bertz CT molecular complexity index is 1040. The van der Waals surface area contributed by atoms with Crippen LogP contribution in [0.4, 0.5) is 4.79 Å². The van der Waals surface area contributed by atoms with Gasteiger partial charge in [-0.25, -0.2) is 9.69 Å². The molecule has 3 aliphatic rings. The van der Waals surface area contributed by atoms with Crippen molar-refractivity contribution in [2.45, 2.75) is 18.9 Å². The Balaban J connectivity index is 1.30. The SMILES string of the molecule is CC1(c2ccc3c(c2)OCO3)NC(=O)N(CN2CC=C(c3ccccc3)CC2)C1=O. The lowest BCUT2D eigenvalue weighted by atomic mass is 9.91. The van der Waals surface area contributed by atoms with Gasteiger partial charge >= 0.3 is 6.03 Å². The second-order valence-electron chi connectivity index (χ2n) is 7.92. The third kappa shape index (κ3) is 3.11. The number of hydrogen-bond donors (Lipinski definition) is 1. The highest BCUT2D eigenvalue weighted by molar-refractivity contribution is 6.07. The van der Waals surface area contributed by atoms with Crippen molar-refractivity contribution in [1.29, 1.82) is 0 Å². The van der Waals surface area contributed by atoms with Crippen LogP contribution in [-0.4, -0.2) is 48.3 Å². The van der Waals surface area contributed by atoms with E-state index in [2.05, 4.69) is 28.4 Å². The fraction of sp³-hybridized carbons (Fsp3) is 0.304. The van der Waals surface area contributed by atoms with Gasteiger partial charge in [0.15, 0.2) is 11.5 Å². The Morgan fingerprint density at radius 2 is 1.87 bits per heavy atom. The molecule has 1 saturated heterocycles. The molecule has 0 aliphatic carbocycles. The van der Waals surface area contributed by atoms with E-state index in [1.165, 1.54) is 16.0 Å². The number of benzene rings is 2. The Hall–Kier alpha value is -3.32. The van der Waals surface area contributed by atoms with E-state index in [-0.39, 0.29) is 25.4 Å². The van der Waals surface area contributed by atoms with Crippen LogP contribution >= 0.6 is 0 Å². The molecule has 154 valence electrons. The predicted octanol–water partition coefficient (Wildman–Crippen LogP) is 2.93. The average molecular weight is 405 g/mol. The van der Waals surface area contributed by atoms with Gasteiger partial charge in [0, 0.05) is 13.1 Å². The van der Waals surface area contributed by atoms with Crippen LogP contribution in [0.3, 0.4) is 0 Å². The van der Waals surface area contributed by atoms with Gasteiger partial charge in [0.25, 0.3) is 5.91 Å². The fourth-order valence-electron chi connectivity index (χ4n) is 4.18. The maximum absolute atomic E-state index is 13.2. The Morgan fingerprint density at radius 3 is 2.63 bits per heavy atom. The highest BCUT2D eigenvalue weighted by Gasteiger charge is 2.49. The monoisotopic (exact) mass is 405 g/mol. The summed E-state index contributed by atoms with van der Waals surface area (Å²) in [6, 6.07) is 15.2. The second-order valence-corrected chi connectivity index (χ2v) is 7.92. The lowest BCUT2D eigenvalue weighted by molar-refractivity contribution is -0.132. The van der Waals surface area contributed by atoms with E-state index in [9.17, 15) is 9.59 Å². The zero-order chi connectivity index (χ0) is 20.7. The van der Waals surface area contributed by atoms with Gasteiger partial charge in [-0.3, -0.25) is 9.69 Å². The summed E-state index contributed by atoms with van der Waals surface area (Å²) in [6.45, 7) is 3.65. The van der Waals surface area contributed by atoms with Crippen molar-refractivity contribution in [3.8, 4) is 11.5 Å². The summed E-state index contributed by atoms with van der Waals surface area (Å²) in [5.74, 6) is 0.971. The van der Waals surface area contributed by atoms with Crippen LogP contribution in [0.15, 0.2) is 54.6 Å². The summed E-state index contributed by atoms with van der Waals surface area (Å²) < 4.78 is 10.8. The second kappa shape index (κ2) is 7.18. The normalized spacial score (nSPS) is 23.5. The quantitative estimate of drug-likeness (QED) is 0.792. The van der Waals surface area contributed by atoms with Crippen molar-refractivity contribution in [1.82, 2.24) is 15.1 Å². The van der Waals surface area contributed by atoms with E-state index in [0.717, 1.165) is 13.0 Å². The van der Waals surface area contributed by atoms with Crippen LogP contribution in [0.25, 0.3) is 5.57 Å². The number of rotatable bonds is 4. The molecule has 0 bridgehead atoms. The van der Waals surface area contributed by atoms with E-state index in [1.807, 2.05) is 18.2 Å². The summed E-state index contributed by atoms with van der Waals surface area (Å²) in [5.41, 5.74) is 2.08. The molecule has 0 aromatic heterocycles. The van der Waals surface area contributed by atoms with Gasteiger partial charge in [-0.1, -0.05) is 42.5 Å². The van der Waals surface area contributed by atoms with E-state index in [0.29, 0.717) is 23.6 Å². The summed E-state index contributed by atoms with van der Waals surface area (Å²) in [5, 5.41) is 2.86. The fourth-order valence-corrected chi connectivity index (χ4v) is 4.18. The van der Waals surface area contributed by atoms with Gasteiger partial charge in [-0.15, -0.1) is 0 Å². The number of amides is 3. The molecular weight excluding hydrogens is 382 g/mol. The van der Waals surface area contributed by atoms with Crippen molar-refractivity contribution in [2.75, 3.05) is 26.6 Å². The Morgan fingerprint density at radius 1 is 1.07 bits per heavy atom. The molecule has 3 heterocycles. The third-order valence-electron chi connectivity index (χ3n) is 6.00. The number of ether oxygens (including phenoxy) is 2. The van der Waals surface area contributed by atoms with Crippen molar-refractivity contribution in [3.63, 3.8) is 0 Å². The molecule has 30 heavy (non-hydrogen) atoms. The van der Waals surface area contributed by atoms with Crippen LogP contribution in [-0.2, 0) is 10.3 Å². The van der Waals surface area contributed by atoms with Crippen molar-refractivity contribution in [3.05, 3.63) is 65.7 Å². The number of urea groups is 1. The molecule has 2 aromatic rings. The first kappa shape index (κ1) is 18.7. The van der Waals surface area contributed by atoms with Crippen LogP contribution in [0.5, 0.6) is 11.5 Å². The number of fused-ring (bicyclic) bond motifs is 1. The standard InChI is InChI=1S/C23H23N3O4/c1-23(18-7-8-19-20(13-18)30-15-29-19)21(27)26(22(28)24-23)14-25-11-9-17(10-12-25)16-5-3-2-4-6-16/h2-9,13H,10-12,14-15H2,1H3,(H,24,28). The summed E-state index contributed by atoms with van der Waals surface area (Å²) >= 11 is 0. The molecule has 0 spiro atoms. The maximum atomic E-state index is 13.2. The lowest BCUT2D eigenvalue weighted by Crippen LogP contribution is -2.44. The number of carbonyl (C=O) groups is 2. The van der Waals surface area contributed by atoms with E-state index < -0.39 is 5.54 Å². The maximum Gasteiger partial charge on any atom is 0.326 e. The molecule has 3 amide bonds. The van der Waals surface area contributed by atoms with E-state index in [1.54, 1.807) is 25.1 Å². The summed E-state index contributed by atoms with van der Waals surface area (Å²) in [6.07, 6.45) is 3.06. The van der Waals surface area contributed by atoms with Gasteiger partial charge in [-0.05, 0) is 42.2 Å². The Kier molecular flexibility index (Phi) is 4.47.